The number of ether oxygens (including phenoxy) is 3. The second kappa shape index (κ2) is 8.57. The lowest BCUT2D eigenvalue weighted by Crippen LogP contribution is -2.48. The van der Waals surface area contributed by atoms with Gasteiger partial charge >= 0.3 is 0 Å². The Labute approximate surface area is 198 Å². The number of carbonyl (C=O) groups is 1. The Kier molecular flexibility index (Phi) is 5.57. The average Bonchev–Trinajstić information content (AvgIpc) is 2.83. The Bertz CT molecular complexity index is 1350. The van der Waals surface area contributed by atoms with Gasteiger partial charge < -0.3 is 19.5 Å². The van der Waals surface area contributed by atoms with Gasteiger partial charge in [-0.25, -0.2) is 8.42 Å². The molecule has 9 heteroatoms. The lowest BCUT2D eigenvalue weighted by Gasteiger charge is -2.35. The number of anilines is 2. The van der Waals surface area contributed by atoms with Crippen LogP contribution in [0.2, 0.25) is 0 Å². The topological polar surface area (TPSA) is 94.2 Å². The van der Waals surface area contributed by atoms with Gasteiger partial charge in [-0.3, -0.25) is 9.10 Å². The van der Waals surface area contributed by atoms with Crippen molar-refractivity contribution in [2.24, 2.45) is 0 Å². The molecule has 0 unspecified atom stereocenters. The Morgan fingerprint density at radius 2 is 1.56 bits per heavy atom. The van der Waals surface area contributed by atoms with Crippen molar-refractivity contribution >= 4 is 27.3 Å². The first-order valence-electron chi connectivity index (χ1n) is 10.9. The molecule has 3 aromatic rings. The number of aryl methyl sites for hydroxylation is 2. The predicted octanol–water partition coefficient (Wildman–Crippen LogP) is 3.67. The van der Waals surface area contributed by atoms with E-state index in [9.17, 15) is 13.2 Å². The number of rotatable bonds is 4. The van der Waals surface area contributed by atoms with Crippen molar-refractivity contribution in [2.45, 2.75) is 24.8 Å². The molecule has 34 heavy (non-hydrogen) atoms. The van der Waals surface area contributed by atoms with Crippen molar-refractivity contribution in [1.82, 2.24) is 0 Å². The summed E-state index contributed by atoms with van der Waals surface area (Å²) in [7, 11) is -3.92. The van der Waals surface area contributed by atoms with Gasteiger partial charge in [-0.2, -0.15) is 0 Å². The number of nitrogens with one attached hydrogen (secondary N) is 1. The van der Waals surface area contributed by atoms with Crippen LogP contribution in [0.3, 0.4) is 0 Å². The molecular formula is C25H24N2O6S. The fourth-order valence-electron chi connectivity index (χ4n) is 3.91. The molecule has 8 nitrogen and oxygen atoms in total. The van der Waals surface area contributed by atoms with E-state index in [4.69, 9.17) is 14.2 Å². The van der Waals surface area contributed by atoms with Crippen molar-refractivity contribution in [3.8, 4) is 17.2 Å². The second-order valence-corrected chi connectivity index (χ2v) is 10.1. The van der Waals surface area contributed by atoms with E-state index in [2.05, 4.69) is 5.32 Å². The van der Waals surface area contributed by atoms with Crippen LogP contribution in [0.4, 0.5) is 11.4 Å². The Balaban J connectivity index is 1.45. The summed E-state index contributed by atoms with van der Waals surface area (Å²) >= 11 is 0. The minimum Gasteiger partial charge on any atom is -0.486 e. The molecule has 0 fully saturated rings. The summed E-state index contributed by atoms with van der Waals surface area (Å²) in [5.41, 5.74) is 2.74. The minimum absolute atomic E-state index is 0.151. The third-order valence-corrected chi connectivity index (χ3v) is 7.49. The average molecular weight is 481 g/mol. The zero-order valence-corrected chi connectivity index (χ0v) is 19.6. The molecule has 0 saturated heterocycles. The van der Waals surface area contributed by atoms with Crippen LogP contribution in [0.1, 0.15) is 11.1 Å². The highest BCUT2D eigenvalue weighted by molar-refractivity contribution is 7.92. The number of carbonyl (C=O) groups excluding carboxylic acids is 1. The highest BCUT2D eigenvalue weighted by Crippen LogP contribution is 2.38. The van der Waals surface area contributed by atoms with Gasteiger partial charge in [0.25, 0.3) is 15.9 Å². The van der Waals surface area contributed by atoms with Crippen LogP contribution in [-0.4, -0.2) is 40.2 Å². The molecule has 0 saturated carbocycles. The number of nitrogens with zero attached hydrogens (tertiary/aromatic N) is 1. The number of sulfonamides is 1. The first-order chi connectivity index (χ1) is 16.3. The standard InChI is InChI=1S/C25H24N2O6S/c1-16-3-7-19(8-4-16)34(29,30)27-15-24(33-21-9-5-17(2)13-20(21)27)25(28)26-18-6-10-22-23(14-18)32-12-11-31-22/h3-10,13-14,24H,11-12,15H2,1-2H3,(H,26,28)/t24-/m1/s1. The molecule has 0 spiro atoms. The van der Waals surface area contributed by atoms with Crippen LogP contribution in [-0.2, 0) is 14.8 Å². The highest BCUT2D eigenvalue weighted by atomic mass is 32.2. The maximum absolute atomic E-state index is 13.6. The summed E-state index contributed by atoms with van der Waals surface area (Å²) in [5, 5.41) is 2.80. The van der Waals surface area contributed by atoms with Crippen LogP contribution in [0.5, 0.6) is 17.2 Å². The lowest BCUT2D eigenvalue weighted by molar-refractivity contribution is -0.122. The van der Waals surface area contributed by atoms with E-state index >= 15 is 0 Å². The third kappa shape index (κ3) is 4.14. The Morgan fingerprint density at radius 3 is 2.32 bits per heavy atom. The SMILES string of the molecule is Cc1ccc(S(=O)(=O)N2C[C@H](C(=O)Nc3ccc4c(c3)OCCO4)Oc3ccc(C)cc32)cc1. The largest absolute Gasteiger partial charge is 0.486 e. The molecule has 0 aliphatic carbocycles. The third-order valence-electron chi connectivity index (χ3n) is 5.70. The number of hydrogen-bond donors (Lipinski definition) is 1. The molecule has 0 aromatic heterocycles. The summed E-state index contributed by atoms with van der Waals surface area (Å²) in [6.07, 6.45) is -1.05. The zero-order valence-electron chi connectivity index (χ0n) is 18.8. The van der Waals surface area contributed by atoms with Crippen LogP contribution in [0.15, 0.2) is 65.6 Å². The quantitative estimate of drug-likeness (QED) is 0.612. The van der Waals surface area contributed by atoms with E-state index in [1.165, 1.54) is 4.31 Å². The molecular weight excluding hydrogens is 456 g/mol. The fraction of sp³-hybridized carbons (Fsp3) is 0.240. The molecule has 0 bridgehead atoms. The highest BCUT2D eigenvalue weighted by Gasteiger charge is 2.37. The smallest absolute Gasteiger partial charge is 0.267 e. The van der Waals surface area contributed by atoms with Gasteiger partial charge in [0.1, 0.15) is 19.0 Å². The first-order valence-corrected chi connectivity index (χ1v) is 12.3. The zero-order chi connectivity index (χ0) is 23.9. The predicted molar refractivity (Wildman–Crippen MR) is 127 cm³/mol. The lowest BCUT2D eigenvalue weighted by atomic mass is 10.1. The van der Waals surface area contributed by atoms with E-state index in [1.807, 2.05) is 19.9 Å². The first kappa shape index (κ1) is 22.1. The van der Waals surface area contributed by atoms with E-state index in [-0.39, 0.29) is 11.4 Å². The van der Waals surface area contributed by atoms with Crippen LogP contribution in [0, 0.1) is 13.8 Å². The fourth-order valence-corrected chi connectivity index (χ4v) is 5.37. The number of fused-ring (bicyclic) bond motifs is 2. The van der Waals surface area contributed by atoms with E-state index in [0.717, 1.165) is 11.1 Å². The van der Waals surface area contributed by atoms with Gasteiger partial charge in [-0.1, -0.05) is 23.8 Å². The van der Waals surface area contributed by atoms with Crippen LogP contribution >= 0.6 is 0 Å². The van der Waals surface area contributed by atoms with Gasteiger partial charge in [0.2, 0.25) is 0 Å². The monoisotopic (exact) mass is 480 g/mol. The molecule has 3 aromatic carbocycles. The van der Waals surface area contributed by atoms with Gasteiger partial charge in [0.15, 0.2) is 17.6 Å². The summed E-state index contributed by atoms with van der Waals surface area (Å²) in [4.78, 5) is 13.3. The number of benzene rings is 3. The molecule has 1 amide bonds. The molecule has 176 valence electrons. The number of hydrogen-bond acceptors (Lipinski definition) is 6. The molecule has 5 rings (SSSR count). The minimum atomic E-state index is -3.92. The molecule has 1 N–H and O–H groups in total. The van der Waals surface area contributed by atoms with Gasteiger partial charge in [-0.15, -0.1) is 0 Å². The maximum Gasteiger partial charge on any atom is 0.267 e. The van der Waals surface area contributed by atoms with Crippen LogP contribution in [0.25, 0.3) is 0 Å². The van der Waals surface area contributed by atoms with Crippen molar-refractivity contribution < 1.29 is 27.4 Å². The summed E-state index contributed by atoms with van der Waals surface area (Å²) < 4.78 is 45.4. The van der Waals surface area contributed by atoms with Gasteiger partial charge in [0.05, 0.1) is 17.1 Å². The Morgan fingerprint density at radius 1 is 0.882 bits per heavy atom. The molecule has 0 radical (unpaired) electrons. The second-order valence-electron chi connectivity index (χ2n) is 8.27. The van der Waals surface area contributed by atoms with Crippen LogP contribution < -0.4 is 23.8 Å². The normalized spacial score (nSPS) is 16.9. The molecule has 2 aliphatic heterocycles. The van der Waals surface area contributed by atoms with Crippen molar-refractivity contribution in [2.75, 3.05) is 29.4 Å². The van der Waals surface area contributed by atoms with E-state index < -0.39 is 22.0 Å². The molecule has 2 aliphatic rings. The van der Waals surface area contributed by atoms with Gasteiger partial charge in [-0.05, 0) is 55.8 Å². The molecule has 1 atom stereocenters. The van der Waals surface area contributed by atoms with E-state index in [1.54, 1.807) is 54.6 Å². The maximum atomic E-state index is 13.6. The summed E-state index contributed by atoms with van der Waals surface area (Å²) in [6.45, 7) is 4.50. The van der Waals surface area contributed by atoms with Crippen molar-refractivity contribution in [3.63, 3.8) is 0 Å². The van der Waals surface area contributed by atoms with Crippen molar-refractivity contribution in [3.05, 3.63) is 71.8 Å². The Hall–Kier alpha value is -3.72. The van der Waals surface area contributed by atoms with E-state index in [0.29, 0.717) is 41.8 Å². The number of amides is 1. The summed E-state index contributed by atoms with van der Waals surface area (Å²) in [5.74, 6) is 1.01. The molecule has 2 heterocycles. The van der Waals surface area contributed by atoms with Crippen molar-refractivity contribution in [1.29, 1.82) is 0 Å². The van der Waals surface area contributed by atoms with Gasteiger partial charge in [0, 0.05) is 11.8 Å². The summed E-state index contributed by atoms with van der Waals surface area (Å²) in [6, 6.07) is 17.0.